The molecule has 0 saturated heterocycles. The molecule has 0 saturated carbocycles. The lowest BCUT2D eigenvalue weighted by Gasteiger charge is -2.07. The highest BCUT2D eigenvalue weighted by Crippen LogP contribution is 2.31. The topological polar surface area (TPSA) is 38.9 Å². The standard InChI is InChI=1S/C18H12N2OS/c1-2-18(21-8-1)17-11-15(14-5-9-22-12-14)10-16(20-17)13-3-6-19-7-4-13/h1-12H. The second kappa shape index (κ2) is 5.58. The molecule has 0 aliphatic rings. The third kappa shape index (κ3) is 2.44. The average Bonchev–Trinajstić information content (AvgIpc) is 3.29. The van der Waals surface area contributed by atoms with E-state index in [0.717, 1.165) is 28.3 Å². The first kappa shape index (κ1) is 13.0. The van der Waals surface area contributed by atoms with Gasteiger partial charge in [0, 0.05) is 18.0 Å². The maximum absolute atomic E-state index is 5.51. The summed E-state index contributed by atoms with van der Waals surface area (Å²) in [6, 6.07) is 14.0. The van der Waals surface area contributed by atoms with Crippen LogP contribution >= 0.6 is 11.3 Å². The number of pyridine rings is 2. The molecule has 4 heteroatoms. The first-order valence-corrected chi connectivity index (χ1v) is 7.83. The number of hydrogen-bond donors (Lipinski definition) is 0. The molecule has 0 radical (unpaired) electrons. The molecule has 0 unspecified atom stereocenters. The molecule has 4 rings (SSSR count). The summed E-state index contributed by atoms with van der Waals surface area (Å²) in [4.78, 5) is 8.81. The Kier molecular flexibility index (Phi) is 3.29. The van der Waals surface area contributed by atoms with Gasteiger partial charge < -0.3 is 4.42 Å². The Morgan fingerprint density at radius 2 is 1.73 bits per heavy atom. The Morgan fingerprint density at radius 3 is 2.45 bits per heavy atom. The lowest BCUT2D eigenvalue weighted by Crippen LogP contribution is -1.90. The number of thiophene rings is 1. The summed E-state index contributed by atoms with van der Waals surface area (Å²) in [6.07, 6.45) is 5.22. The Balaban J connectivity index is 1.91. The van der Waals surface area contributed by atoms with Crippen molar-refractivity contribution in [2.24, 2.45) is 0 Å². The summed E-state index contributed by atoms with van der Waals surface area (Å²) in [5.74, 6) is 0.771. The zero-order valence-electron chi connectivity index (χ0n) is 11.6. The van der Waals surface area contributed by atoms with E-state index in [1.807, 2.05) is 24.3 Å². The van der Waals surface area contributed by atoms with Gasteiger partial charge >= 0.3 is 0 Å². The molecule has 0 aromatic carbocycles. The van der Waals surface area contributed by atoms with Crippen molar-refractivity contribution < 1.29 is 4.42 Å². The van der Waals surface area contributed by atoms with Crippen molar-refractivity contribution in [1.29, 1.82) is 0 Å². The zero-order valence-corrected chi connectivity index (χ0v) is 12.5. The largest absolute Gasteiger partial charge is 0.463 e. The zero-order chi connectivity index (χ0) is 14.8. The minimum absolute atomic E-state index is 0.771. The van der Waals surface area contributed by atoms with Gasteiger partial charge in [-0.25, -0.2) is 4.98 Å². The molecule has 0 fully saturated rings. The summed E-state index contributed by atoms with van der Waals surface area (Å²) in [7, 11) is 0. The third-order valence-corrected chi connectivity index (χ3v) is 4.11. The lowest BCUT2D eigenvalue weighted by atomic mass is 10.0. The fourth-order valence-corrected chi connectivity index (χ4v) is 3.01. The maximum Gasteiger partial charge on any atom is 0.152 e. The minimum Gasteiger partial charge on any atom is -0.463 e. The van der Waals surface area contributed by atoms with E-state index in [2.05, 4.69) is 33.9 Å². The van der Waals surface area contributed by atoms with Crippen LogP contribution < -0.4 is 0 Å². The van der Waals surface area contributed by atoms with Gasteiger partial charge in [0.1, 0.15) is 5.69 Å². The van der Waals surface area contributed by atoms with Gasteiger partial charge in [-0.15, -0.1) is 0 Å². The van der Waals surface area contributed by atoms with Gasteiger partial charge in [0.15, 0.2) is 5.76 Å². The van der Waals surface area contributed by atoms with Crippen molar-refractivity contribution in [2.45, 2.75) is 0 Å². The van der Waals surface area contributed by atoms with Crippen LogP contribution in [0.5, 0.6) is 0 Å². The molecule has 4 aromatic rings. The molecule has 106 valence electrons. The fraction of sp³-hybridized carbons (Fsp3) is 0. The van der Waals surface area contributed by atoms with Crippen molar-refractivity contribution in [1.82, 2.24) is 9.97 Å². The average molecular weight is 304 g/mol. The molecule has 22 heavy (non-hydrogen) atoms. The maximum atomic E-state index is 5.51. The van der Waals surface area contributed by atoms with Crippen LogP contribution in [0.1, 0.15) is 0 Å². The molecule has 0 aliphatic heterocycles. The van der Waals surface area contributed by atoms with Crippen molar-refractivity contribution >= 4 is 11.3 Å². The number of furan rings is 1. The van der Waals surface area contributed by atoms with Crippen molar-refractivity contribution in [3.05, 3.63) is 71.9 Å². The summed E-state index contributed by atoms with van der Waals surface area (Å²) in [5, 5.41) is 4.21. The van der Waals surface area contributed by atoms with Gasteiger partial charge in [-0.3, -0.25) is 4.98 Å². The normalized spacial score (nSPS) is 10.7. The van der Waals surface area contributed by atoms with Crippen molar-refractivity contribution in [3.8, 4) is 33.8 Å². The molecule has 0 aliphatic carbocycles. The summed E-state index contributed by atoms with van der Waals surface area (Å²) in [6.45, 7) is 0. The van der Waals surface area contributed by atoms with E-state index in [-0.39, 0.29) is 0 Å². The summed E-state index contributed by atoms with van der Waals surface area (Å²) in [5.41, 5.74) is 5.11. The van der Waals surface area contributed by atoms with E-state index < -0.39 is 0 Å². The van der Waals surface area contributed by atoms with Gasteiger partial charge in [0.2, 0.25) is 0 Å². The second-order valence-corrected chi connectivity index (χ2v) is 5.63. The Labute approximate surface area is 131 Å². The van der Waals surface area contributed by atoms with Crippen molar-refractivity contribution in [2.75, 3.05) is 0 Å². The third-order valence-electron chi connectivity index (χ3n) is 3.43. The van der Waals surface area contributed by atoms with Crippen LogP contribution in [0.3, 0.4) is 0 Å². The molecule has 3 nitrogen and oxygen atoms in total. The summed E-state index contributed by atoms with van der Waals surface area (Å²) < 4.78 is 5.51. The highest BCUT2D eigenvalue weighted by Gasteiger charge is 2.10. The van der Waals surface area contributed by atoms with E-state index in [1.54, 1.807) is 30.0 Å². The summed E-state index contributed by atoms with van der Waals surface area (Å²) >= 11 is 1.69. The minimum atomic E-state index is 0.771. The lowest BCUT2D eigenvalue weighted by molar-refractivity contribution is 0.580. The van der Waals surface area contributed by atoms with E-state index in [9.17, 15) is 0 Å². The van der Waals surface area contributed by atoms with E-state index in [4.69, 9.17) is 9.40 Å². The molecule has 0 N–H and O–H groups in total. The highest BCUT2D eigenvalue weighted by atomic mass is 32.1. The first-order valence-electron chi connectivity index (χ1n) is 6.89. The second-order valence-electron chi connectivity index (χ2n) is 4.85. The Hall–Kier alpha value is -2.72. The fourth-order valence-electron chi connectivity index (χ4n) is 2.35. The van der Waals surface area contributed by atoms with Crippen molar-refractivity contribution in [3.63, 3.8) is 0 Å². The van der Waals surface area contributed by atoms with Crippen LogP contribution in [-0.4, -0.2) is 9.97 Å². The number of rotatable bonds is 3. The smallest absolute Gasteiger partial charge is 0.152 e. The Bertz CT molecular complexity index is 816. The van der Waals surface area contributed by atoms with E-state index in [1.165, 1.54) is 5.56 Å². The van der Waals surface area contributed by atoms with Crippen LogP contribution in [0.25, 0.3) is 33.8 Å². The van der Waals surface area contributed by atoms with Crippen LogP contribution in [0.2, 0.25) is 0 Å². The number of aromatic nitrogens is 2. The van der Waals surface area contributed by atoms with E-state index >= 15 is 0 Å². The van der Waals surface area contributed by atoms with Crippen LogP contribution in [0.4, 0.5) is 0 Å². The molecule has 0 amide bonds. The molecule has 4 aromatic heterocycles. The van der Waals surface area contributed by atoms with E-state index in [0.29, 0.717) is 0 Å². The molecule has 0 bridgehead atoms. The van der Waals surface area contributed by atoms with Gasteiger partial charge in [0.05, 0.1) is 12.0 Å². The van der Waals surface area contributed by atoms with Gasteiger partial charge in [-0.2, -0.15) is 11.3 Å². The molecular formula is C18H12N2OS. The van der Waals surface area contributed by atoms with Crippen LogP contribution in [0.15, 0.2) is 76.3 Å². The molecule has 4 heterocycles. The van der Waals surface area contributed by atoms with Gasteiger partial charge in [0.25, 0.3) is 0 Å². The number of hydrogen-bond acceptors (Lipinski definition) is 4. The number of nitrogens with zero attached hydrogens (tertiary/aromatic N) is 2. The molecular weight excluding hydrogens is 292 g/mol. The van der Waals surface area contributed by atoms with Crippen LogP contribution in [0, 0.1) is 0 Å². The van der Waals surface area contributed by atoms with Gasteiger partial charge in [-0.05, 0) is 64.4 Å². The van der Waals surface area contributed by atoms with Crippen LogP contribution in [-0.2, 0) is 0 Å². The Morgan fingerprint density at radius 1 is 0.864 bits per heavy atom. The monoisotopic (exact) mass is 304 g/mol. The first-order chi connectivity index (χ1) is 10.9. The van der Waals surface area contributed by atoms with Gasteiger partial charge in [-0.1, -0.05) is 0 Å². The quantitative estimate of drug-likeness (QED) is 0.526. The molecule has 0 spiro atoms. The molecule has 0 atom stereocenters. The highest BCUT2D eigenvalue weighted by molar-refractivity contribution is 7.08. The SMILES string of the molecule is c1coc(-c2cc(-c3ccsc3)cc(-c3ccncc3)n2)c1. The predicted molar refractivity (Wildman–Crippen MR) is 88.5 cm³/mol. The predicted octanol–water partition coefficient (Wildman–Crippen LogP) is 5.13.